The van der Waals surface area contributed by atoms with Crippen LogP contribution in [-0.4, -0.2) is 22.1 Å². The summed E-state index contributed by atoms with van der Waals surface area (Å²) < 4.78 is 42.2. The van der Waals surface area contributed by atoms with Crippen molar-refractivity contribution in [2.75, 3.05) is 6.61 Å². The van der Waals surface area contributed by atoms with Crippen LogP contribution in [0.15, 0.2) is 0 Å². The van der Waals surface area contributed by atoms with Gasteiger partial charge in [-0.25, -0.2) is 4.57 Å². The Hall–Kier alpha value is -0.760. The zero-order chi connectivity index (χ0) is 14.1. The zero-order valence-electron chi connectivity index (χ0n) is 9.39. The first-order valence-corrected chi connectivity index (χ1v) is 5.96. The lowest BCUT2D eigenvalue weighted by Gasteiger charge is -2.19. The predicted molar refractivity (Wildman–Crippen MR) is 61.1 cm³/mol. The maximum absolute atomic E-state index is 13.5. The van der Waals surface area contributed by atoms with E-state index in [1.807, 2.05) is 0 Å². The van der Waals surface area contributed by atoms with Crippen molar-refractivity contribution < 1.29 is 22.7 Å². The van der Waals surface area contributed by atoms with Crippen LogP contribution in [0.5, 0.6) is 0 Å². The number of imidazole rings is 1. The lowest BCUT2D eigenvalue weighted by Crippen LogP contribution is -2.22. The van der Waals surface area contributed by atoms with Gasteiger partial charge in [0.05, 0.1) is 12.3 Å². The van der Waals surface area contributed by atoms with Gasteiger partial charge >= 0.3 is 10.1 Å². The first kappa shape index (κ1) is 15.3. The molecule has 1 aromatic rings. The molecule has 2 unspecified atom stereocenters. The summed E-state index contributed by atoms with van der Waals surface area (Å²) in [6.07, 6.45) is -1.42. The number of halogens is 5. The van der Waals surface area contributed by atoms with Crippen LogP contribution >= 0.6 is 27.5 Å². The van der Waals surface area contributed by atoms with Gasteiger partial charge in [-0.05, 0) is 27.5 Å². The monoisotopic (exact) mass is 348 g/mol. The molecule has 0 saturated heterocycles. The number of carbonyl (C=O) groups excluding carboxylic acids is 1. The Morgan fingerprint density at radius 1 is 1.67 bits per heavy atom. The molecule has 18 heavy (non-hydrogen) atoms. The SMILES string of the molecule is CC(=O)OCC(C)c1c(F)nc(F)n1C(F)(Cl)Br. The van der Waals surface area contributed by atoms with E-state index in [2.05, 4.69) is 25.7 Å². The van der Waals surface area contributed by atoms with Crippen molar-refractivity contribution in [1.29, 1.82) is 0 Å². The smallest absolute Gasteiger partial charge is 0.321 e. The van der Waals surface area contributed by atoms with E-state index in [1.165, 1.54) is 6.92 Å². The summed E-state index contributed by atoms with van der Waals surface area (Å²) in [6.45, 7) is 2.32. The highest BCUT2D eigenvalue weighted by molar-refractivity contribution is 9.10. The minimum Gasteiger partial charge on any atom is -0.465 e. The van der Waals surface area contributed by atoms with Crippen molar-refractivity contribution in [3.05, 3.63) is 17.7 Å². The summed E-state index contributed by atoms with van der Waals surface area (Å²) in [5, 5.41) is 0. The van der Waals surface area contributed by atoms with E-state index in [9.17, 15) is 18.0 Å². The molecule has 2 atom stereocenters. The minimum atomic E-state index is -2.85. The maximum atomic E-state index is 13.5. The molecule has 0 radical (unpaired) electrons. The quantitative estimate of drug-likeness (QED) is 0.620. The van der Waals surface area contributed by atoms with Gasteiger partial charge in [-0.1, -0.05) is 6.92 Å². The average molecular weight is 350 g/mol. The molecule has 0 fully saturated rings. The van der Waals surface area contributed by atoms with Gasteiger partial charge in [-0.15, -0.1) is 0 Å². The van der Waals surface area contributed by atoms with Crippen molar-refractivity contribution in [2.45, 2.75) is 23.9 Å². The lowest BCUT2D eigenvalue weighted by molar-refractivity contribution is -0.141. The van der Waals surface area contributed by atoms with Crippen LogP contribution in [0.3, 0.4) is 0 Å². The van der Waals surface area contributed by atoms with Gasteiger partial charge in [0.1, 0.15) is 0 Å². The first-order chi connectivity index (χ1) is 8.14. The molecule has 4 nitrogen and oxygen atoms in total. The van der Waals surface area contributed by atoms with E-state index in [0.717, 1.165) is 6.92 Å². The molecule has 1 heterocycles. The second kappa shape index (κ2) is 5.48. The van der Waals surface area contributed by atoms with E-state index in [-0.39, 0.29) is 11.2 Å². The van der Waals surface area contributed by atoms with Gasteiger partial charge in [0.25, 0.3) is 6.08 Å². The van der Waals surface area contributed by atoms with E-state index in [0.29, 0.717) is 0 Å². The Balaban J connectivity index is 3.11. The number of nitrogens with zero attached hydrogens (tertiary/aromatic N) is 2. The molecule has 0 aliphatic carbocycles. The molecular formula is C9H9BrClF3N2O2. The Labute approximate surface area is 114 Å². The van der Waals surface area contributed by atoms with Gasteiger partial charge in [-0.2, -0.15) is 18.2 Å². The molecule has 0 saturated carbocycles. The molecule has 0 bridgehead atoms. The summed E-state index contributed by atoms with van der Waals surface area (Å²) in [4.78, 5) is 13.5. The molecule has 0 aliphatic heterocycles. The molecular weight excluding hydrogens is 340 g/mol. The van der Waals surface area contributed by atoms with Gasteiger partial charge in [0.15, 0.2) is 0 Å². The molecule has 1 aromatic heterocycles. The molecule has 0 N–H and O–H groups in total. The Bertz CT molecular complexity index is 461. The summed E-state index contributed by atoms with van der Waals surface area (Å²) >= 11 is 7.60. The van der Waals surface area contributed by atoms with Crippen LogP contribution in [0, 0.1) is 12.0 Å². The highest BCUT2D eigenvalue weighted by atomic mass is 79.9. The van der Waals surface area contributed by atoms with Crippen LogP contribution in [0.2, 0.25) is 0 Å². The van der Waals surface area contributed by atoms with E-state index in [4.69, 9.17) is 11.6 Å². The maximum Gasteiger partial charge on any atom is 0.321 e. The van der Waals surface area contributed by atoms with Gasteiger partial charge in [-0.3, -0.25) is 4.79 Å². The fourth-order valence-electron chi connectivity index (χ4n) is 1.37. The van der Waals surface area contributed by atoms with E-state index < -0.39 is 33.8 Å². The molecule has 102 valence electrons. The van der Waals surface area contributed by atoms with Crippen molar-refractivity contribution >= 4 is 33.5 Å². The number of hydrogen-bond donors (Lipinski definition) is 0. The fourth-order valence-corrected chi connectivity index (χ4v) is 1.86. The van der Waals surface area contributed by atoms with Gasteiger partial charge in [0.2, 0.25) is 5.95 Å². The number of alkyl halides is 3. The standard InChI is InChI=1S/C9H9BrClF3N2O2/c1-4(3-18-5(2)17)6-7(12)15-8(13)16(6)9(10,11)14/h4H,3H2,1-2H3. The van der Waals surface area contributed by atoms with Crippen molar-refractivity contribution in [3.63, 3.8) is 0 Å². The second-order valence-corrected chi connectivity index (χ2v) is 5.57. The summed E-state index contributed by atoms with van der Waals surface area (Å²) in [6, 6.07) is 0. The van der Waals surface area contributed by atoms with Crippen molar-refractivity contribution in [2.24, 2.45) is 0 Å². The predicted octanol–water partition coefficient (Wildman–Crippen LogP) is 3.00. The van der Waals surface area contributed by atoms with Crippen LogP contribution in [0.4, 0.5) is 13.2 Å². The third-order valence-electron chi connectivity index (χ3n) is 2.08. The lowest BCUT2D eigenvalue weighted by atomic mass is 10.1. The number of aromatic nitrogens is 2. The van der Waals surface area contributed by atoms with Crippen LogP contribution in [0.1, 0.15) is 25.5 Å². The highest BCUT2D eigenvalue weighted by Gasteiger charge is 2.35. The van der Waals surface area contributed by atoms with Gasteiger partial charge < -0.3 is 4.74 Å². The van der Waals surface area contributed by atoms with Crippen LogP contribution in [-0.2, 0) is 13.7 Å². The number of rotatable bonds is 4. The van der Waals surface area contributed by atoms with Crippen LogP contribution in [0.25, 0.3) is 0 Å². The second-order valence-electron chi connectivity index (χ2n) is 3.56. The molecule has 0 aromatic carbocycles. The van der Waals surface area contributed by atoms with Gasteiger partial charge in [0, 0.05) is 12.8 Å². The molecule has 0 amide bonds. The number of esters is 1. The Kier molecular flexibility index (Phi) is 4.66. The molecule has 0 aliphatic rings. The third kappa shape index (κ3) is 3.38. The first-order valence-electron chi connectivity index (χ1n) is 4.78. The van der Waals surface area contributed by atoms with Crippen molar-refractivity contribution in [1.82, 2.24) is 9.55 Å². The molecule has 1 rings (SSSR count). The zero-order valence-corrected chi connectivity index (χ0v) is 11.7. The third-order valence-corrected chi connectivity index (χ3v) is 2.61. The van der Waals surface area contributed by atoms with Crippen LogP contribution < -0.4 is 0 Å². The Morgan fingerprint density at radius 3 is 2.67 bits per heavy atom. The van der Waals surface area contributed by atoms with Crippen molar-refractivity contribution in [3.8, 4) is 0 Å². The summed E-state index contributed by atoms with van der Waals surface area (Å²) in [7, 11) is 0. The minimum absolute atomic E-state index is 0.206. The topological polar surface area (TPSA) is 44.1 Å². The molecule has 9 heteroatoms. The average Bonchev–Trinajstić information content (AvgIpc) is 2.49. The summed E-state index contributed by atoms with van der Waals surface area (Å²) in [5.41, 5.74) is -0.442. The number of hydrogen-bond acceptors (Lipinski definition) is 3. The molecule has 0 spiro atoms. The van der Waals surface area contributed by atoms with E-state index >= 15 is 0 Å². The largest absolute Gasteiger partial charge is 0.465 e. The highest BCUT2D eigenvalue weighted by Crippen LogP contribution is 2.36. The number of ether oxygens (including phenoxy) is 1. The van der Waals surface area contributed by atoms with E-state index in [1.54, 1.807) is 0 Å². The fraction of sp³-hybridized carbons (Fsp3) is 0.556. The number of carbonyl (C=O) groups is 1. The Morgan fingerprint density at radius 2 is 2.22 bits per heavy atom. The summed E-state index contributed by atoms with van der Waals surface area (Å²) in [5.74, 6) is -2.63. The normalized spacial score (nSPS) is 16.2.